The van der Waals surface area contributed by atoms with Crippen molar-refractivity contribution in [3.63, 3.8) is 0 Å². The molecule has 0 radical (unpaired) electrons. The molecule has 7 nitrogen and oxygen atoms in total. The van der Waals surface area contributed by atoms with Crippen LogP contribution < -0.4 is 5.32 Å². The molecule has 7 heteroatoms. The van der Waals surface area contributed by atoms with E-state index in [1.54, 1.807) is 6.20 Å². The average Bonchev–Trinajstić information content (AvgIpc) is 2.97. The Kier molecular flexibility index (Phi) is 6.23. The number of hydrogen-bond donors (Lipinski definition) is 2. The zero-order chi connectivity index (χ0) is 17.7. The summed E-state index contributed by atoms with van der Waals surface area (Å²) in [5.74, 6) is 0.854. The molecular weight excluding hydrogens is 308 g/mol. The fraction of sp³-hybridized carbons (Fsp3) is 0.706. The molecule has 2 rings (SSSR count). The van der Waals surface area contributed by atoms with Crippen LogP contribution in [0.2, 0.25) is 0 Å². The number of H-pyrrole nitrogens is 1. The topological polar surface area (TPSA) is 87.3 Å². The summed E-state index contributed by atoms with van der Waals surface area (Å²) < 4.78 is 4.66. The molecule has 2 N–H and O–H groups in total. The van der Waals surface area contributed by atoms with Crippen molar-refractivity contribution in [2.45, 2.75) is 58.5 Å². The number of likely N-dealkylation sites (tertiary alicyclic amines) is 1. The third-order valence-corrected chi connectivity index (χ3v) is 4.49. The molecule has 0 bridgehead atoms. The van der Waals surface area contributed by atoms with Crippen LogP contribution in [0.4, 0.5) is 4.79 Å². The highest BCUT2D eigenvalue weighted by atomic mass is 16.5. The van der Waals surface area contributed by atoms with E-state index in [-0.39, 0.29) is 17.9 Å². The molecule has 1 aliphatic heterocycles. The Labute approximate surface area is 143 Å². The smallest absolute Gasteiger partial charge is 0.407 e. The molecule has 2 heterocycles. The van der Waals surface area contributed by atoms with Crippen molar-refractivity contribution in [3.8, 4) is 0 Å². The number of nitrogens with one attached hydrogen (secondary N) is 2. The second-order valence-electron chi connectivity index (χ2n) is 6.76. The molecule has 0 unspecified atom stereocenters. The number of methoxy groups -OCH3 is 1. The Morgan fingerprint density at radius 3 is 2.79 bits per heavy atom. The molecule has 0 aliphatic carbocycles. The van der Waals surface area contributed by atoms with E-state index in [0.717, 1.165) is 37.3 Å². The third kappa shape index (κ3) is 4.49. The molecule has 1 aromatic rings. The molecular formula is C17H28N4O3. The highest BCUT2D eigenvalue weighted by Gasteiger charge is 2.34. The average molecular weight is 336 g/mol. The lowest BCUT2D eigenvalue weighted by atomic mass is 9.95. The summed E-state index contributed by atoms with van der Waals surface area (Å²) in [6.45, 7) is 6.53. The lowest BCUT2D eigenvalue weighted by molar-refractivity contribution is -0.138. The number of amides is 2. The van der Waals surface area contributed by atoms with Gasteiger partial charge < -0.3 is 19.9 Å². The number of piperidine rings is 1. The van der Waals surface area contributed by atoms with E-state index in [0.29, 0.717) is 6.42 Å². The Bertz CT molecular complexity index is 570. The summed E-state index contributed by atoms with van der Waals surface area (Å²) in [7, 11) is 1.31. The van der Waals surface area contributed by atoms with Crippen LogP contribution in [0.5, 0.6) is 0 Å². The highest BCUT2D eigenvalue weighted by molar-refractivity contribution is 5.86. The largest absolute Gasteiger partial charge is 0.453 e. The van der Waals surface area contributed by atoms with Gasteiger partial charge in [0.2, 0.25) is 5.91 Å². The van der Waals surface area contributed by atoms with Crippen molar-refractivity contribution in [3.05, 3.63) is 17.7 Å². The SMILES string of the molecule is COC(=O)N[C@H](C(=O)N1CCCC[C@H]1Cc1ncc(C)[nH]1)C(C)C. The predicted octanol–water partition coefficient (Wildman–Crippen LogP) is 2.02. The zero-order valence-corrected chi connectivity index (χ0v) is 15.0. The van der Waals surface area contributed by atoms with Gasteiger partial charge in [-0.15, -0.1) is 0 Å². The maximum Gasteiger partial charge on any atom is 0.407 e. The van der Waals surface area contributed by atoms with Crippen molar-refractivity contribution < 1.29 is 14.3 Å². The van der Waals surface area contributed by atoms with Crippen LogP contribution in [-0.4, -0.2) is 52.6 Å². The van der Waals surface area contributed by atoms with Crippen molar-refractivity contribution >= 4 is 12.0 Å². The summed E-state index contributed by atoms with van der Waals surface area (Å²) in [6.07, 6.45) is 4.99. The molecule has 1 aliphatic rings. The van der Waals surface area contributed by atoms with Gasteiger partial charge in [-0.2, -0.15) is 0 Å². The Balaban J connectivity index is 2.11. The van der Waals surface area contributed by atoms with Crippen LogP contribution in [0.25, 0.3) is 0 Å². The van der Waals surface area contributed by atoms with Gasteiger partial charge in [-0.3, -0.25) is 4.79 Å². The molecule has 134 valence electrons. The minimum absolute atomic E-state index is 0.00923. The number of aromatic amines is 1. The number of ether oxygens (including phenoxy) is 1. The molecule has 1 fully saturated rings. The monoisotopic (exact) mass is 336 g/mol. The first-order valence-corrected chi connectivity index (χ1v) is 8.57. The van der Waals surface area contributed by atoms with Gasteiger partial charge in [0.25, 0.3) is 0 Å². The summed E-state index contributed by atoms with van der Waals surface area (Å²) in [4.78, 5) is 34.1. The molecule has 0 aromatic carbocycles. The van der Waals surface area contributed by atoms with Crippen molar-refractivity contribution in [2.75, 3.05) is 13.7 Å². The first-order valence-electron chi connectivity index (χ1n) is 8.57. The second kappa shape index (κ2) is 8.17. The number of carbonyl (C=O) groups excluding carboxylic acids is 2. The van der Waals surface area contributed by atoms with Crippen LogP contribution in [0.15, 0.2) is 6.20 Å². The number of imidazole rings is 1. The summed E-state index contributed by atoms with van der Waals surface area (Å²) in [6, 6.07) is -0.464. The van der Waals surface area contributed by atoms with E-state index in [2.05, 4.69) is 20.0 Å². The summed E-state index contributed by atoms with van der Waals surface area (Å²) >= 11 is 0. The van der Waals surface area contributed by atoms with Crippen LogP contribution in [0.3, 0.4) is 0 Å². The van der Waals surface area contributed by atoms with Crippen molar-refractivity contribution in [1.82, 2.24) is 20.2 Å². The molecule has 1 aromatic heterocycles. The maximum atomic E-state index is 13.0. The minimum Gasteiger partial charge on any atom is -0.453 e. The van der Waals surface area contributed by atoms with Crippen LogP contribution in [0.1, 0.15) is 44.6 Å². The predicted molar refractivity (Wildman–Crippen MR) is 90.5 cm³/mol. The van der Waals surface area contributed by atoms with Gasteiger partial charge in [0.05, 0.1) is 7.11 Å². The fourth-order valence-electron chi connectivity index (χ4n) is 3.17. The second-order valence-corrected chi connectivity index (χ2v) is 6.76. The van der Waals surface area contributed by atoms with Crippen LogP contribution in [-0.2, 0) is 16.0 Å². The van der Waals surface area contributed by atoms with E-state index < -0.39 is 12.1 Å². The Hall–Kier alpha value is -2.05. The van der Waals surface area contributed by atoms with Crippen molar-refractivity contribution in [1.29, 1.82) is 0 Å². The van der Waals surface area contributed by atoms with E-state index in [1.165, 1.54) is 7.11 Å². The normalized spacial score (nSPS) is 19.2. The van der Waals surface area contributed by atoms with Crippen molar-refractivity contribution in [2.24, 2.45) is 5.92 Å². The zero-order valence-electron chi connectivity index (χ0n) is 15.0. The number of aromatic nitrogens is 2. The number of alkyl carbamates (subject to hydrolysis) is 1. The van der Waals surface area contributed by atoms with Gasteiger partial charge in [-0.25, -0.2) is 9.78 Å². The van der Waals surface area contributed by atoms with Gasteiger partial charge >= 0.3 is 6.09 Å². The molecule has 1 saturated heterocycles. The molecule has 0 saturated carbocycles. The highest BCUT2D eigenvalue weighted by Crippen LogP contribution is 2.22. The number of aryl methyl sites for hydroxylation is 1. The molecule has 2 amide bonds. The number of nitrogens with zero attached hydrogens (tertiary/aromatic N) is 2. The lowest BCUT2D eigenvalue weighted by Gasteiger charge is -2.38. The fourth-order valence-corrected chi connectivity index (χ4v) is 3.17. The first kappa shape index (κ1) is 18.3. The van der Waals surface area contributed by atoms with Gasteiger partial charge in [-0.1, -0.05) is 13.8 Å². The number of hydrogen-bond acceptors (Lipinski definition) is 4. The van der Waals surface area contributed by atoms with E-state index >= 15 is 0 Å². The summed E-state index contributed by atoms with van der Waals surface area (Å²) in [5, 5.41) is 2.68. The number of carbonyl (C=O) groups is 2. The standard InChI is InChI=1S/C17H28N4O3/c1-11(2)15(20-17(23)24-4)16(22)21-8-6-5-7-13(21)9-14-18-10-12(3)19-14/h10-11,13,15H,5-9H2,1-4H3,(H,18,19)(H,20,23)/t13-,15-/m0/s1. The molecule has 24 heavy (non-hydrogen) atoms. The lowest BCUT2D eigenvalue weighted by Crippen LogP contribution is -2.55. The number of rotatable bonds is 5. The van der Waals surface area contributed by atoms with E-state index in [1.807, 2.05) is 25.7 Å². The van der Waals surface area contributed by atoms with Crippen LogP contribution in [0, 0.1) is 12.8 Å². The van der Waals surface area contributed by atoms with Gasteiger partial charge in [-0.05, 0) is 32.1 Å². The minimum atomic E-state index is -0.573. The van der Waals surface area contributed by atoms with E-state index in [4.69, 9.17) is 0 Å². The quantitative estimate of drug-likeness (QED) is 0.861. The molecule has 0 spiro atoms. The van der Waals surface area contributed by atoms with Gasteiger partial charge in [0.1, 0.15) is 11.9 Å². The first-order chi connectivity index (χ1) is 11.4. The Morgan fingerprint density at radius 1 is 1.46 bits per heavy atom. The van der Waals surface area contributed by atoms with Crippen LogP contribution >= 0.6 is 0 Å². The maximum absolute atomic E-state index is 13.0. The Morgan fingerprint density at radius 2 is 2.21 bits per heavy atom. The molecule has 2 atom stereocenters. The van der Waals surface area contributed by atoms with Gasteiger partial charge in [0, 0.05) is 30.9 Å². The van der Waals surface area contributed by atoms with Gasteiger partial charge in [0.15, 0.2) is 0 Å². The summed E-state index contributed by atoms with van der Waals surface area (Å²) in [5.41, 5.74) is 1.02. The third-order valence-electron chi connectivity index (χ3n) is 4.49. The van der Waals surface area contributed by atoms with E-state index in [9.17, 15) is 9.59 Å².